The summed E-state index contributed by atoms with van der Waals surface area (Å²) in [7, 11) is -2.31. The van der Waals surface area contributed by atoms with E-state index >= 15 is 0 Å². The SMILES string of the molecule is COc1ccc(OCCOC(=O)c2cc(S(=O)(=O)N3CCOCC3)ccc2F)cc1. The molecule has 1 aliphatic rings. The van der Waals surface area contributed by atoms with Gasteiger partial charge in [-0.05, 0) is 42.5 Å². The van der Waals surface area contributed by atoms with Crippen LogP contribution in [0.1, 0.15) is 10.4 Å². The molecular formula is C20H22FNO7S. The van der Waals surface area contributed by atoms with E-state index < -0.39 is 27.4 Å². The van der Waals surface area contributed by atoms with Crippen molar-refractivity contribution in [1.82, 2.24) is 4.31 Å². The molecule has 1 heterocycles. The van der Waals surface area contributed by atoms with Gasteiger partial charge in [0, 0.05) is 13.1 Å². The Bertz CT molecular complexity index is 973. The van der Waals surface area contributed by atoms with E-state index in [4.69, 9.17) is 18.9 Å². The highest BCUT2D eigenvalue weighted by molar-refractivity contribution is 7.89. The van der Waals surface area contributed by atoms with Gasteiger partial charge in [-0.15, -0.1) is 0 Å². The summed E-state index contributed by atoms with van der Waals surface area (Å²) in [5, 5.41) is 0. The predicted molar refractivity (Wildman–Crippen MR) is 105 cm³/mol. The number of hydrogen-bond donors (Lipinski definition) is 0. The average Bonchev–Trinajstić information content (AvgIpc) is 2.77. The third-order valence-corrected chi connectivity index (χ3v) is 6.30. The Morgan fingerprint density at radius 3 is 2.40 bits per heavy atom. The number of sulfonamides is 1. The van der Waals surface area contributed by atoms with Gasteiger partial charge in [-0.25, -0.2) is 17.6 Å². The zero-order valence-electron chi connectivity index (χ0n) is 16.4. The maximum atomic E-state index is 14.1. The van der Waals surface area contributed by atoms with E-state index in [1.165, 1.54) is 4.31 Å². The van der Waals surface area contributed by atoms with E-state index in [-0.39, 0.29) is 44.4 Å². The number of ether oxygens (including phenoxy) is 4. The number of carbonyl (C=O) groups excluding carboxylic acids is 1. The highest BCUT2D eigenvalue weighted by Crippen LogP contribution is 2.21. The van der Waals surface area contributed by atoms with Crippen LogP contribution in [0.15, 0.2) is 47.4 Å². The fraction of sp³-hybridized carbons (Fsp3) is 0.350. The standard InChI is InChI=1S/C20H22FNO7S/c1-26-15-2-4-16(5-3-15)28-12-13-29-20(23)18-14-17(6-7-19(18)21)30(24,25)22-8-10-27-11-9-22/h2-7,14H,8-13H2,1H3. The lowest BCUT2D eigenvalue weighted by molar-refractivity contribution is 0.0445. The second kappa shape index (κ2) is 9.88. The Labute approximate surface area is 174 Å². The van der Waals surface area contributed by atoms with Crippen LogP contribution in [0.25, 0.3) is 0 Å². The third-order valence-electron chi connectivity index (χ3n) is 4.41. The molecule has 0 radical (unpaired) electrons. The van der Waals surface area contributed by atoms with Crippen LogP contribution in [-0.4, -0.2) is 65.3 Å². The van der Waals surface area contributed by atoms with Crippen LogP contribution in [0.2, 0.25) is 0 Å². The number of rotatable bonds is 8. The lowest BCUT2D eigenvalue weighted by atomic mass is 10.2. The first-order valence-electron chi connectivity index (χ1n) is 9.23. The van der Waals surface area contributed by atoms with Gasteiger partial charge in [0.25, 0.3) is 0 Å². The molecule has 0 N–H and O–H groups in total. The van der Waals surface area contributed by atoms with Crippen LogP contribution in [-0.2, 0) is 19.5 Å². The highest BCUT2D eigenvalue weighted by Gasteiger charge is 2.28. The van der Waals surface area contributed by atoms with Crippen molar-refractivity contribution in [3.05, 3.63) is 53.8 Å². The molecule has 0 saturated carbocycles. The van der Waals surface area contributed by atoms with Gasteiger partial charge >= 0.3 is 5.97 Å². The molecule has 2 aromatic rings. The Morgan fingerprint density at radius 2 is 1.73 bits per heavy atom. The molecule has 0 aliphatic carbocycles. The Balaban J connectivity index is 1.60. The molecule has 1 fully saturated rings. The molecule has 3 rings (SSSR count). The summed E-state index contributed by atoms with van der Waals surface area (Å²) < 4.78 is 61.4. The van der Waals surface area contributed by atoms with Crippen molar-refractivity contribution < 1.29 is 36.6 Å². The topological polar surface area (TPSA) is 91.4 Å². The smallest absolute Gasteiger partial charge is 0.341 e. The molecule has 0 unspecified atom stereocenters. The van der Waals surface area contributed by atoms with Crippen molar-refractivity contribution in [3.63, 3.8) is 0 Å². The molecule has 0 bridgehead atoms. The number of halogens is 1. The summed E-state index contributed by atoms with van der Waals surface area (Å²) in [6.45, 7) is 0.869. The van der Waals surface area contributed by atoms with Crippen LogP contribution in [0.4, 0.5) is 4.39 Å². The van der Waals surface area contributed by atoms with Crippen molar-refractivity contribution >= 4 is 16.0 Å². The molecule has 8 nitrogen and oxygen atoms in total. The van der Waals surface area contributed by atoms with E-state index in [1.807, 2.05) is 0 Å². The lowest BCUT2D eigenvalue weighted by Crippen LogP contribution is -2.40. The summed E-state index contributed by atoms with van der Waals surface area (Å²) in [5.74, 6) is -0.602. The summed E-state index contributed by atoms with van der Waals surface area (Å²) in [4.78, 5) is 12.1. The van der Waals surface area contributed by atoms with Crippen molar-refractivity contribution in [3.8, 4) is 11.5 Å². The van der Waals surface area contributed by atoms with Gasteiger partial charge in [0.2, 0.25) is 10.0 Å². The van der Waals surface area contributed by atoms with E-state index in [2.05, 4.69) is 0 Å². The summed E-state index contributed by atoms with van der Waals surface area (Å²) in [6.07, 6.45) is 0. The minimum atomic E-state index is -3.86. The molecule has 10 heteroatoms. The first-order chi connectivity index (χ1) is 14.4. The van der Waals surface area contributed by atoms with Gasteiger partial charge in [0.15, 0.2) is 0 Å². The first kappa shape index (κ1) is 22.0. The summed E-state index contributed by atoms with van der Waals surface area (Å²) in [6, 6.07) is 9.89. The third kappa shape index (κ3) is 5.26. The normalized spacial score (nSPS) is 14.9. The van der Waals surface area contributed by atoms with Gasteiger partial charge in [-0.1, -0.05) is 0 Å². The number of methoxy groups -OCH3 is 1. The zero-order valence-corrected chi connectivity index (χ0v) is 17.2. The molecule has 0 atom stereocenters. The van der Waals surface area contributed by atoms with Gasteiger partial charge in [0.1, 0.15) is 30.5 Å². The predicted octanol–water partition coefficient (Wildman–Crippen LogP) is 2.09. The van der Waals surface area contributed by atoms with Crippen LogP contribution in [0.5, 0.6) is 11.5 Å². The van der Waals surface area contributed by atoms with Gasteiger partial charge < -0.3 is 18.9 Å². The first-order valence-corrected chi connectivity index (χ1v) is 10.7. The summed E-state index contributed by atoms with van der Waals surface area (Å²) in [5.41, 5.74) is -0.450. The molecule has 0 amide bonds. The number of nitrogens with zero attached hydrogens (tertiary/aromatic N) is 1. The fourth-order valence-corrected chi connectivity index (χ4v) is 4.24. The second-order valence-electron chi connectivity index (χ2n) is 6.32. The van der Waals surface area contributed by atoms with Crippen LogP contribution < -0.4 is 9.47 Å². The molecule has 0 aromatic heterocycles. The maximum Gasteiger partial charge on any atom is 0.341 e. The van der Waals surface area contributed by atoms with Crippen molar-refractivity contribution in [2.45, 2.75) is 4.90 Å². The van der Waals surface area contributed by atoms with Crippen LogP contribution >= 0.6 is 0 Å². The zero-order chi connectivity index (χ0) is 21.6. The molecule has 162 valence electrons. The maximum absolute atomic E-state index is 14.1. The molecule has 2 aromatic carbocycles. The second-order valence-corrected chi connectivity index (χ2v) is 8.26. The van der Waals surface area contributed by atoms with E-state index in [9.17, 15) is 17.6 Å². The number of esters is 1. The molecule has 1 saturated heterocycles. The van der Waals surface area contributed by atoms with Crippen LogP contribution in [0, 0.1) is 5.82 Å². The summed E-state index contributed by atoms with van der Waals surface area (Å²) >= 11 is 0. The number of benzene rings is 2. The molecule has 1 aliphatic heterocycles. The van der Waals surface area contributed by atoms with E-state index in [0.717, 1.165) is 18.2 Å². The number of morpholine rings is 1. The van der Waals surface area contributed by atoms with Crippen molar-refractivity contribution in [1.29, 1.82) is 0 Å². The van der Waals surface area contributed by atoms with Gasteiger partial charge in [-0.2, -0.15) is 4.31 Å². The van der Waals surface area contributed by atoms with Crippen LogP contribution in [0.3, 0.4) is 0 Å². The number of hydrogen-bond acceptors (Lipinski definition) is 7. The highest BCUT2D eigenvalue weighted by atomic mass is 32.2. The van der Waals surface area contributed by atoms with Gasteiger partial charge in [0.05, 0.1) is 30.8 Å². The van der Waals surface area contributed by atoms with E-state index in [0.29, 0.717) is 11.5 Å². The quantitative estimate of drug-likeness (QED) is 0.459. The van der Waals surface area contributed by atoms with Crippen molar-refractivity contribution in [2.24, 2.45) is 0 Å². The Kier molecular flexibility index (Phi) is 7.24. The minimum absolute atomic E-state index is 0.0471. The largest absolute Gasteiger partial charge is 0.497 e. The average molecular weight is 439 g/mol. The monoisotopic (exact) mass is 439 g/mol. The number of carbonyl (C=O) groups is 1. The minimum Gasteiger partial charge on any atom is -0.497 e. The molecule has 30 heavy (non-hydrogen) atoms. The lowest BCUT2D eigenvalue weighted by Gasteiger charge is -2.26. The fourth-order valence-electron chi connectivity index (χ4n) is 2.80. The van der Waals surface area contributed by atoms with E-state index in [1.54, 1.807) is 31.4 Å². The molecule has 0 spiro atoms. The van der Waals surface area contributed by atoms with Gasteiger partial charge in [-0.3, -0.25) is 0 Å². The Hall–Kier alpha value is -2.69. The van der Waals surface area contributed by atoms with Crippen molar-refractivity contribution in [2.75, 3.05) is 46.6 Å². The molecular weight excluding hydrogens is 417 g/mol. The Morgan fingerprint density at radius 1 is 1.07 bits per heavy atom.